The summed E-state index contributed by atoms with van der Waals surface area (Å²) in [4.78, 5) is 4.55. The number of rotatable bonds is 11. The van der Waals surface area contributed by atoms with Crippen molar-refractivity contribution in [2.75, 3.05) is 33.5 Å². The second-order valence-electron chi connectivity index (χ2n) is 6.70. The molecule has 0 aliphatic heterocycles. The fraction of sp³-hybridized carbons (Fsp3) is 0.318. The lowest BCUT2D eigenvalue weighted by Crippen LogP contribution is -2.26. The molecule has 3 aromatic rings. The van der Waals surface area contributed by atoms with E-state index in [1.54, 1.807) is 25.4 Å². The molecule has 3 rings (SSSR count). The fourth-order valence-electron chi connectivity index (χ4n) is 2.92. The lowest BCUT2D eigenvalue weighted by molar-refractivity contribution is 0.146. The first-order valence-corrected chi connectivity index (χ1v) is 11.2. The second kappa shape index (κ2) is 10.4. The third-order valence-corrected chi connectivity index (χ3v) is 5.93. The Balaban J connectivity index is 1.51. The molecule has 160 valence electrons. The van der Waals surface area contributed by atoms with Gasteiger partial charge in [-0.25, -0.2) is 13.1 Å². The Labute approximate surface area is 177 Å². The minimum absolute atomic E-state index is 0.207. The third kappa shape index (κ3) is 5.69. The molecule has 1 aromatic heterocycles. The number of ether oxygens (including phenoxy) is 3. The van der Waals surface area contributed by atoms with E-state index in [9.17, 15) is 8.42 Å². The van der Waals surface area contributed by atoms with Gasteiger partial charge in [-0.3, -0.25) is 4.98 Å². The molecule has 8 heteroatoms. The Bertz CT molecular complexity index is 1080. The number of nitrogens with one attached hydrogen (secondary N) is 1. The lowest BCUT2D eigenvalue weighted by Gasteiger charge is -2.12. The zero-order chi connectivity index (χ0) is 21.4. The minimum Gasteiger partial charge on any atom is -0.491 e. The summed E-state index contributed by atoms with van der Waals surface area (Å²) in [5.41, 5.74) is 1.55. The molecule has 1 heterocycles. The number of methoxy groups -OCH3 is 1. The van der Waals surface area contributed by atoms with Gasteiger partial charge in [0.15, 0.2) is 0 Å². The summed E-state index contributed by atoms with van der Waals surface area (Å²) in [6.45, 7) is 3.34. The standard InChI is InChI=1S/C22H26N2O5S/c1-17-16-19(9-10-20(17)29-15-14-27-2)30(25,26)24-12-5-13-28-21-8-3-6-18-7-4-11-23-22(18)21/h3-4,6-11,16,24H,5,12-15H2,1-2H3. The molecule has 0 spiro atoms. The highest BCUT2D eigenvalue weighted by atomic mass is 32.2. The fourth-order valence-corrected chi connectivity index (χ4v) is 4.08. The molecule has 0 amide bonds. The zero-order valence-electron chi connectivity index (χ0n) is 17.1. The van der Waals surface area contributed by atoms with E-state index < -0.39 is 10.0 Å². The lowest BCUT2D eigenvalue weighted by atomic mass is 10.2. The van der Waals surface area contributed by atoms with E-state index >= 15 is 0 Å². The maximum Gasteiger partial charge on any atom is 0.240 e. The maximum absolute atomic E-state index is 12.5. The van der Waals surface area contributed by atoms with Gasteiger partial charge >= 0.3 is 0 Å². The first-order valence-electron chi connectivity index (χ1n) is 9.70. The summed E-state index contributed by atoms with van der Waals surface area (Å²) < 4.78 is 44.0. The van der Waals surface area contributed by atoms with Gasteiger partial charge in [0.2, 0.25) is 10.0 Å². The van der Waals surface area contributed by atoms with E-state index in [0.717, 1.165) is 16.5 Å². The van der Waals surface area contributed by atoms with Crippen LogP contribution in [-0.2, 0) is 14.8 Å². The van der Waals surface area contributed by atoms with Crippen LogP contribution in [-0.4, -0.2) is 46.9 Å². The largest absolute Gasteiger partial charge is 0.491 e. The Morgan fingerprint density at radius 2 is 1.77 bits per heavy atom. The Kier molecular flexibility index (Phi) is 7.62. The van der Waals surface area contributed by atoms with E-state index in [0.29, 0.717) is 37.7 Å². The van der Waals surface area contributed by atoms with Crippen molar-refractivity contribution in [2.45, 2.75) is 18.2 Å². The van der Waals surface area contributed by atoms with Gasteiger partial charge in [0.25, 0.3) is 0 Å². The summed E-state index contributed by atoms with van der Waals surface area (Å²) in [5.74, 6) is 1.33. The van der Waals surface area contributed by atoms with Crippen LogP contribution in [0.1, 0.15) is 12.0 Å². The molecule has 1 N–H and O–H groups in total. The monoisotopic (exact) mass is 430 g/mol. The average molecular weight is 431 g/mol. The number of nitrogens with zero attached hydrogens (tertiary/aromatic N) is 1. The van der Waals surface area contributed by atoms with Gasteiger partial charge in [0, 0.05) is 25.2 Å². The van der Waals surface area contributed by atoms with E-state index in [4.69, 9.17) is 14.2 Å². The van der Waals surface area contributed by atoms with Crippen LogP contribution < -0.4 is 14.2 Å². The predicted octanol–water partition coefficient (Wildman–Crippen LogP) is 3.32. The third-order valence-electron chi connectivity index (χ3n) is 4.47. The number of hydrogen-bond acceptors (Lipinski definition) is 6. The molecule has 2 aromatic carbocycles. The summed E-state index contributed by atoms with van der Waals surface area (Å²) in [6, 6.07) is 14.4. The van der Waals surface area contributed by atoms with Crippen LogP contribution in [0, 0.1) is 6.92 Å². The molecule has 0 aliphatic carbocycles. The molecular weight excluding hydrogens is 404 g/mol. The van der Waals surface area contributed by atoms with Crippen LogP contribution in [0.15, 0.2) is 59.6 Å². The highest BCUT2D eigenvalue weighted by molar-refractivity contribution is 7.89. The van der Waals surface area contributed by atoms with Gasteiger partial charge in [-0.2, -0.15) is 0 Å². The first kappa shape index (κ1) is 22.0. The van der Waals surface area contributed by atoms with Crippen molar-refractivity contribution in [1.82, 2.24) is 9.71 Å². The van der Waals surface area contributed by atoms with Gasteiger partial charge in [0.05, 0.1) is 18.1 Å². The van der Waals surface area contributed by atoms with Crippen molar-refractivity contribution in [1.29, 1.82) is 0 Å². The number of pyridine rings is 1. The number of aryl methyl sites for hydroxylation is 1. The molecule has 7 nitrogen and oxygen atoms in total. The quantitative estimate of drug-likeness (QED) is 0.470. The summed E-state index contributed by atoms with van der Waals surface area (Å²) in [6.07, 6.45) is 2.25. The molecule has 0 aliphatic rings. The molecule has 0 saturated heterocycles. The van der Waals surface area contributed by atoms with Crippen LogP contribution in [0.25, 0.3) is 10.9 Å². The van der Waals surface area contributed by atoms with Gasteiger partial charge < -0.3 is 14.2 Å². The smallest absolute Gasteiger partial charge is 0.240 e. The van der Waals surface area contributed by atoms with E-state index in [1.165, 1.54) is 6.07 Å². The average Bonchev–Trinajstić information content (AvgIpc) is 2.74. The molecule has 0 atom stereocenters. The summed E-state index contributed by atoms with van der Waals surface area (Å²) in [5, 5.41) is 1.00. The summed E-state index contributed by atoms with van der Waals surface area (Å²) in [7, 11) is -2.00. The second-order valence-corrected chi connectivity index (χ2v) is 8.47. The SMILES string of the molecule is COCCOc1ccc(S(=O)(=O)NCCCOc2cccc3cccnc23)cc1C. The van der Waals surface area contributed by atoms with Gasteiger partial charge in [-0.1, -0.05) is 18.2 Å². The highest BCUT2D eigenvalue weighted by Crippen LogP contribution is 2.23. The minimum atomic E-state index is -3.60. The van der Waals surface area contributed by atoms with Crippen molar-refractivity contribution < 1.29 is 22.6 Å². The Hall–Kier alpha value is -2.68. The van der Waals surface area contributed by atoms with E-state index in [-0.39, 0.29) is 11.4 Å². The van der Waals surface area contributed by atoms with Gasteiger partial charge in [-0.15, -0.1) is 0 Å². The molecule has 30 heavy (non-hydrogen) atoms. The number of hydrogen-bond donors (Lipinski definition) is 1. The van der Waals surface area contributed by atoms with E-state index in [1.807, 2.05) is 37.3 Å². The van der Waals surface area contributed by atoms with E-state index in [2.05, 4.69) is 9.71 Å². The van der Waals surface area contributed by atoms with Crippen molar-refractivity contribution in [3.63, 3.8) is 0 Å². The van der Waals surface area contributed by atoms with Crippen LogP contribution in [0.2, 0.25) is 0 Å². The number of sulfonamides is 1. The van der Waals surface area contributed by atoms with Crippen molar-refractivity contribution in [3.8, 4) is 11.5 Å². The zero-order valence-corrected chi connectivity index (χ0v) is 17.9. The number of fused-ring (bicyclic) bond motifs is 1. The van der Waals surface area contributed by atoms with Crippen LogP contribution >= 0.6 is 0 Å². The van der Waals surface area contributed by atoms with Gasteiger partial charge in [0.1, 0.15) is 23.6 Å². The van der Waals surface area contributed by atoms with Crippen molar-refractivity contribution >= 4 is 20.9 Å². The normalized spacial score (nSPS) is 11.5. The number of benzene rings is 2. The predicted molar refractivity (Wildman–Crippen MR) is 116 cm³/mol. The van der Waals surface area contributed by atoms with Crippen LogP contribution in [0.5, 0.6) is 11.5 Å². The van der Waals surface area contributed by atoms with Gasteiger partial charge in [-0.05, 0) is 49.2 Å². The number of para-hydroxylation sites is 1. The number of aromatic nitrogens is 1. The Morgan fingerprint density at radius 1 is 0.967 bits per heavy atom. The molecule has 0 bridgehead atoms. The molecular formula is C22H26N2O5S. The highest BCUT2D eigenvalue weighted by Gasteiger charge is 2.15. The first-order chi connectivity index (χ1) is 14.5. The Morgan fingerprint density at radius 3 is 2.57 bits per heavy atom. The maximum atomic E-state index is 12.5. The van der Waals surface area contributed by atoms with Crippen LogP contribution in [0.4, 0.5) is 0 Å². The van der Waals surface area contributed by atoms with Crippen molar-refractivity contribution in [2.24, 2.45) is 0 Å². The van der Waals surface area contributed by atoms with Crippen molar-refractivity contribution in [3.05, 3.63) is 60.3 Å². The molecule has 0 fully saturated rings. The molecule has 0 saturated carbocycles. The molecule has 0 unspecified atom stereocenters. The summed E-state index contributed by atoms with van der Waals surface area (Å²) >= 11 is 0. The molecule has 0 radical (unpaired) electrons. The topological polar surface area (TPSA) is 86.8 Å². The van der Waals surface area contributed by atoms with Crippen LogP contribution in [0.3, 0.4) is 0 Å².